The third-order valence-corrected chi connectivity index (χ3v) is 4.38. The van der Waals surface area contributed by atoms with E-state index >= 15 is 0 Å². The van der Waals surface area contributed by atoms with E-state index in [0.29, 0.717) is 11.6 Å². The van der Waals surface area contributed by atoms with Crippen LogP contribution in [0, 0.1) is 0 Å². The van der Waals surface area contributed by atoms with Gasteiger partial charge in [-0.25, -0.2) is 4.98 Å². The van der Waals surface area contributed by atoms with E-state index in [1.165, 1.54) is 0 Å². The third kappa shape index (κ3) is 2.54. The highest BCUT2D eigenvalue weighted by atomic mass is 35.5. The van der Waals surface area contributed by atoms with E-state index in [4.69, 9.17) is 16.6 Å². The zero-order chi connectivity index (χ0) is 16.5. The van der Waals surface area contributed by atoms with Crippen LogP contribution in [0.4, 0.5) is 0 Å². The molecule has 4 rings (SSSR count). The molecule has 0 unspecified atom stereocenters. The standard InChI is InChI=1S/C19H17ClN4/c1-21-10-15-11-22-18-12-23-19(13-5-3-2-4-6-13)16-9-14(20)7-8-17(16)24(15)18/h2-9,11,21H,10,12H2,1H3. The van der Waals surface area contributed by atoms with E-state index < -0.39 is 0 Å². The van der Waals surface area contributed by atoms with Gasteiger partial charge in [0.05, 0.1) is 29.8 Å². The first-order valence-corrected chi connectivity index (χ1v) is 8.26. The number of hydrogen-bond donors (Lipinski definition) is 1. The molecule has 0 saturated heterocycles. The Labute approximate surface area is 145 Å². The van der Waals surface area contributed by atoms with Crippen molar-refractivity contribution in [3.63, 3.8) is 0 Å². The van der Waals surface area contributed by atoms with Crippen LogP contribution in [0.2, 0.25) is 5.02 Å². The zero-order valence-electron chi connectivity index (χ0n) is 13.3. The molecule has 0 spiro atoms. The summed E-state index contributed by atoms with van der Waals surface area (Å²) in [5.74, 6) is 0.940. The molecule has 5 heteroatoms. The first-order chi connectivity index (χ1) is 11.8. The summed E-state index contributed by atoms with van der Waals surface area (Å²) in [6, 6.07) is 16.2. The first-order valence-electron chi connectivity index (χ1n) is 7.88. The number of imidazole rings is 1. The Morgan fingerprint density at radius 2 is 2.00 bits per heavy atom. The Bertz CT molecular complexity index is 912. The van der Waals surface area contributed by atoms with Crippen LogP contribution in [0.25, 0.3) is 5.69 Å². The summed E-state index contributed by atoms with van der Waals surface area (Å²) in [5, 5.41) is 3.91. The van der Waals surface area contributed by atoms with Gasteiger partial charge < -0.3 is 5.32 Å². The molecule has 0 fully saturated rings. The number of halogens is 1. The van der Waals surface area contributed by atoms with Gasteiger partial charge in [0.2, 0.25) is 0 Å². The summed E-state index contributed by atoms with van der Waals surface area (Å²) in [6.07, 6.45) is 1.91. The molecule has 2 aromatic carbocycles. The average molecular weight is 337 g/mol. The second-order valence-corrected chi connectivity index (χ2v) is 6.16. The molecule has 1 N–H and O–H groups in total. The number of aliphatic imine (C=N–C) groups is 1. The monoisotopic (exact) mass is 336 g/mol. The normalized spacial score (nSPS) is 13.0. The van der Waals surface area contributed by atoms with Crippen molar-refractivity contribution < 1.29 is 0 Å². The van der Waals surface area contributed by atoms with Gasteiger partial charge in [-0.1, -0.05) is 41.9 Å². The quantitative estimate of drug-likeness (QED) is 0.794. The Hall–Kier alpha value is -2.43. The lowest BCUT2D eigenvalue weighted by Crippen LogP contribution is -2.13. The van der Waals surface area contributed by atoms with Crippen molar-refractivity contribution in [3.8, 4) is 5.69 Å². The van der Waals surface area contributed by atoms with Crippen molar-refractivity contribution in [1.29, 1.82) is 0 Å². The summed E-state index contributed by atoms with van der Waals surface area (Å²) < 4.78 is 2.18. The molecule has 0 saturated carbocycles. The second kappa shape index (κ2) is 6.23. The van der Waals surface area contributed by atoms with E-state index in [1.54, 1.807) is 0 Å². The van der Waals surface area contributed by atoms with E-state index in [1.807, 2.05) is 49.6 Å². The maximum absolute atomic E-state index is 6.29. The number of benzene rings is 2. The third-order valence-electron chi connectivity index (χ3n) is 4.15. The Morgan fingerprint density at radius 3 is 2.79 bits per heavy atom. The van der Waals surface area contributed by atoms with Crippen molar-refractivity contribution in [2.45, 2.75) is 13.1 Å². The molecule has 1 aliphatic heterocycles. The summed E-state index contributed by atoms with van der Waals surface area (Å²) >= 11 is 6.29. The lowest BCUT2D eigenvalue weighted by Gasteiger charge is -2.15. The molecule has 0 amide bonds. The fourth-order valence-electron chi connectivity index (χ4n) is 3.11. The Kier molecular flexibility index (Phi) is 3.92. The van der Waals surface area contributed by atoms with Gasteiger partial charge in [0.25, 0.3) is 0 Å². The predicted molar refractivity (Wildman–Crippen MR) is 97.1 cm³/mol. The van der Waals surface area contributed by atoms with E-state index in [-0.39, 0.29) is 0 Å². The van der Waals surface area contributed by atoms with E-state index in [2.05, 4.69) is 27.0 Å². The van der Waals surface area contributed by atoms with Gasteiger partial charge in [0, 0.05) is 22.7 Å². The zero-order valence-corrected chi connectivity index (χ0v) is 14.1. The van der Waals surface area contributed by atoms with Gasteiger partial charge in [-0.3, -0.25) is 9.56 Å². The van der Waals surface area contributed by atoms with Crippen LogP contribution in [-0.4, -0.2) is 22.3 Å². The first kappa shape index (κ1) is 15.1. The molecule has 3 aromatic rings. The molecule has 0 bridgehead atoms. The lowest BCUT2D eigenvalue weighted by molar-refractivity contribution is 0.751. The fraction of sp³-hybridized carbons (Fsp3) is 0.158. The van der Waals surface area contributed by atoms with Gasteiger partial charge in [-0.2, -0.15) is 0 Å². The van der Waals surface area contributed by atoms with Gasteiger partial charge in [-0.15, -0.1) is 0 Å². The summed E-state index contributed by atoms with van der Waals surface area (Å²) in [6.45, 7) is 1.29. The Balaban J connectivity index is 1.96. The number of hydrogen-bond acceptors (Lipinski definition) is 3. The van der Waals surface area contributed by atoms with Gasteiger partial charge in [0.1, 0.15) is 5.82 Å². The molecule has 0 aliphatic carbocycles. The number of fused-ring (bicyclic) bond motifs is 3. The average Bonchev–Trinajstić information content (AvgIpc) is 2.92. The highest BCUT2D eigenvalue weighted by Crippen LogP contribution is 2.28. The molecular weight excluding hydrogens is 320 g/mol. The highest BCUT2D eigenvalue weighted by molar-refractivity contribution is 6.31. The van der Waals surface area contributed by atoms with Crippen molar-refractivity contribution in [2.24, 2.45) is 4.99 Å². The fourth-order valence-corrected chi connectivity index (χ4v) is 3.28. The predicted octanol–water partition coefficient (Wildman–Crippen LogP) is 3.60. The van der Waals surface area contributed by atoms with Crippen molar-refractivity contribution in [2.75, 3.05) is 7.05 Å². The molecule has 0 radical (unpaired) electrons. The van der Waals surface area contributed by atoms with Gasteiger partial charge in [0.15, 0.2) is 0 Å². The molecule has 0 atom stereocenters. The lowest BCUT2D eigenvalue weighted by atomic mass is 10.0. The molecule has 24 heavy (non-hydrogen) atoms. The number of nitrogens with zero attached hydrogens (tertiary/aromatic N) is 3. The smallest absolute Gasteiger partial charge is 0.135 e. The molecule has 2 heterocycles. The summed E-state index contributed by atoms with van der Waals surface area (Å²) in [4.78, 5) is 9.41. The minimum absolute atomic E-state index is 0.542. The minimum atomic E-state index is 0.542. The van der Waals surface area contributed by atoms with Crippen LogP contribution >= 0.6 is 11.6 Å². The van der Waals surface area contributed by atoms with Crippen molar-refractivity contribution in [3.05, 3.63) is 82.4 Å². The highest BCUT2D eigenvalue weighted by Gasteiger charge is 2.21. The maximum atomic E-state index is 6.29. The number of nitrogens with one attached hydrogen (secondary N) is 1. The van der Waals surface area contributed by atoms with E-state index in [9.17, 15) is 0 Å². The molecule has 120 valence electrons. The number of rotatable bonds is 3. The molecule has 4 nitrogen and oxygen atoms in total. The summed E-state index contributed by atoms with van der Waals surface area (Å²) in [5.41, 5.74) is 5.25. The molecule has 1 aliphatic rings. The minimum Gasteiger partial charge on any atom is -0.314 e. The topological polar surface area (TPSA) is 42.2 Å². The second-order valence-electron chi connectivity index (χ2n) is 5.72. The largest absolute Gasteiger partial charge is 0.314 e. The van der Waals surface area contributed by atoms with Gasteiger partial charge in [-0.05, 0) is 25.2 Å². The van der Waals surface area contributed by atoms with E-state index in [0.717, 1.165) is 40.6 Å². The van der Waals surface area contributed by atoms with Crippen LogP contribution in [0.1, 0.15) is 22.6 Å². The van der Waals surface area contributed by atoms with Crippen molar-refractivity contribution in [1.82, 2.24) is 14.9 Å². The van der Waals surface area contributed by atoms with Crippen LogP contribution in [0.15, 0.2) is 59.7 Å². The van der Waals surface area contributed by atoms with Crippen LogP contribution in [0.3, 0.4) is 0 Å². The van der Waals surface area contributed by atoms with Crippen LogP contribution in [-0.2, 0) is 13.1 Å². The van der Waals surface area contributed by atoms with Gasteiger partial charge >= 0.3 is 0 Å². The van der Waals surface area contributed by atoms with Crippen LogP contribution in [0.5, 0.6) is 0 Å². The maximum Gasteiger partial charge on any atom is 0.135 e. The SMILES string of the molecule is CNCc1cnc2n1-c1ccc(Cl)cc1C(c1ccccc1)=NC2. The number of aromatic nitrogens is 2. The summed E-state index contributed by atoms with van der Waals surface area (Å²) in [7, 11) is 1.94. The molecule has 1 aromatic heterocycles. The van der Waals surface area contributed by atoms with Crippen molar-refractivity contribution >= 4 is 17.3 Å². The molecular formula is C19H17ClN4. The van der Waals surface area contributed by atoms with Crippen LogP contribution < -0.4 is 5.32 Å². The Morgan fingerprint density at radius 1 is 1.17 bits per heavy atom.